The fraction of sp³-hybridized carbons (Fsp3) is 0.500. The maximum absolute atomic E-state index is 12.4. The van der Waals surface area contributed by atoms with Crippen molar-refractivity contribution in [2.45, 2.75) is 25.8 Å². The highest BCUT2D eigenvalue weighted by atomic mass is 16.2. The van der Waals surface area contributed by atoms with Crippen molar-refractivity contribution in [1.82, 2.24) is 19.4 Å². The Morgan fingerprint density at radius 1 is 1.25 bits per heavy atom. The van der Waals surface area contributed by atoms with Crippen LogP contribution in [0.3, 0.4) is 0 Å². The van der Waals surface area contributed by atoms with Crippen molar-refractivity contribution in [2.24, 2.45) is 7.05 Å². The first-order chi connectivity index (χ1) is 9.61. The van der Waals surface area contributed by atoms with Crippen LogP contribution < -0.4 is 16.4 Å². The Labute approximate surface area is 116 Å². The van der Waals surface area contributed by atoms with Crippen molar-refractivity contribution in [3.63, 3.8) is 0 Å². The van der Waals surface area contributed by atoms with Crippen LogP contribution in [0.25, 0.3) is 11.2 Å². The highest BCUT2D eigenvalue weighted by Gasteiger charge is 2.22. The first-order valence-corrected chi connectivity index (χ1v) is 6.89. The van der Waals surface area contributed by atoms with E-state index in [1.165, 1.54) is 4.57 Å². The summed E-state index contributed by atoms with van der Waals surface area (Å²) in [7, 11) is 1.63. The molecule has 1 N–H and O–H groups in total. The molecule has 6 heteroatoms. The Hall–Kier alpha value is -1.95. The molecule has 1 fully saturated rings. The van der Waals surface area contributed by atoms with Gasteiger partial charge >= 0.3 is 11.1 Å². The molecule has 2 aromatic heterocycles. The molecule has 0 bridgehead atoms. The molecule has 0 amide bonds. The molecule has 0 unspecified atom stereocenters. The average molecular weight is 274 g/mol. The number of fused-ring (bicyclic) bond motifs is 1. The summed E-state index contributed by atoms with van der Waals surface area (Å²) < 4.78 is 3.02. The van der Waals surface area contributed by atoms with Gasteiger partial charge in [-0.2, -0.15) is 0 Å². The fourth-order valence-corrected chi connectivity index (χ4v) is 2.97. The molecule has 3 heterocycles. The fourth-order valence-electron chi connectivity index (χ4n) is 2.97. The highest BCUT2D eigenvalue weighted by Crippen LogP contribution is 2.21. The van der Waals surface area contributed by atoms with Crippen LogP contribution in [0.1, 0.15) is 24.4 Å². The number of hydrogen-bond donors (Lipinski definition) is 1. The predicted octanol–water partition coefficient (Wildman–Crippen LogP) is 0.328. The molecule has 20 heavy (non-hydrogen) atoms. The van der Waals surface area contributed by atoms with Crippen LogP contribution in [0.2, 0.25) is 0 Å². The van der Waals surface area contributed by atoms with Gasteiger partial charge in [-0.25, -0.2) is 4.98 Å². The minimum atomic E-state index is -0.480. The number of nitrogens with zero attached hydrogens (tertiary/aromatic N) is 3. The Morgan fingerprint density at radius 2 is 1.95 bits per heavy atom. The van der Waals surface area contributed by atoms with Crippen molar-refractivity contribution in [1.29, 1.82) is 0 Å². The second kappa shape index (κ2) is 4.86. The topological polar surface area (TPSA) is 68.9 Å². The number of rotatable bonds is 1. The molecule has 0 radical (unpaired) electrons. The van der Waals surface area contributed by atoms with Crippen LogP contribution in [0, 0.1) is 6.92 Å². The molecule has 0 aromatic carbocycles. The lowest BCUT2D eigenvalue weighted by Crippen LogP contribution is -2.44. The third-order valence-corrected chi connectivity index (χ3v) is 4.05. The van der Waals surface area contributed by atoms with E-state index in [-0.39, 0.29) is 6.04 Å². The van der Waals surface area contributed by atoms with Gasteiger partial charge in [0.2, 0.25) is 0 Å². The van der Waals surface area contributed by atoms with E-state index in [9.17, 15) is 9.59 Å². The summed E-state index contributed by atoms with van der Waals surface area (Å²) in [6.45, 7) is 3.65. The van der Waals surface area contributed by atoms with Gasteiger partial charge in [0.15, 0.2) is 5.65 Å². The minimum absolute atomic E-state index is 0.0504. The number of pyridine rings is 1. The van der Waals surface area contributed by atoms with Crippen LogP contribution in [0.5, 0.6) is 0 Å². The third-order valence-electron chi connectivity index (χ3n) is 4.05. The van der Waals surface area contributed by atoms with Crippen molar-refractivity contribution in [3.05, 3.63) is 38.5 Å². The lowest BCUT2D eigenvalue weighted by molar-refractivity contribution is 0.365. The van der Waals surface area contributed by atoms with Crippen molar-refractivity contribution >= 4 is 11.2 Å². The summed E-state index contributed by atoms with van der Waals surface area (Å²) in [5.74, 6) is 0. The van der Waals surface area contributed by atoms with Crippen LogP contribution in [-0.4, -0.2) is 27.2 Å². The molecule has 1 saturated heterocycles. The van der Waals surface area contributed by atoms with Crippen LogP contribution >= 0.6 is 0 Å². The van der Waals surface area contributed by atoms with Gasteiger partial charge in [0, 0.05) is 19.3 Å². The molecule has 3 rings (SSSR count). The molecule has 106 valence electrons. The maximum Gasteiger partial charge on any atom is 0.318 e. The van der Waals surface area contributed by atoms with Gasteiger partial charge in [-0.15, -0.1) is 0 Å². The Bertz CT molecular complexity index is 769. The molecule has 0 atom stereocenters. The monoisotopic (exact) mass is 274 g/mol. The second-order valence-corrected chi connectivity index (χ2v) is 5.32. The van der Waals surface area contributed by atoms with E-state index >= 15 is 0 Å². The molecule has 1 aliphatic heterocycles. The number of piperidine rings is 1. The first kappa shape index (κ1) is 13.1. The van der Waals surface area contributed by atoms with Crippen LogP contribution in [0.15, 0.2) is 21.9 Å². The molecule has 2 aromatic rings. The van der Waals surface area contributed by atoms with Crippen molar-refractivity contribution < 1.29 is 0 Å². The van der Waals surface area contributed by atoms with Crippen LogP contribution in [0.4, 0.5) is 0 Å². The van der Waals surface area contributed by atoms with Crippen molar-refractivity contribution in [2.75, 3.05) is 13.1 Å². The zero-order chi connectivity index (χ0) is 14.3. The average Bonchev–Trinajstić information content (AvgIpc) is 2.46. The molecule has 0 spiro atoms. The number of aromatic nitrogens is 3. The standard InChI is InChI=1S/C14H18N4O2/c1-9-3-8-16-12-11(9)17(2)13(19)14(20)18(12)10-4-6-15-7-5-10/h3,8,10,15H,4-7H2,1-2H3. The van der Waals surface area contributed by atoms with Gasteiger partial charge in [-0.3, -0.25) is 14.2 Å². The van der Waals surface area contributed by atoms with Crippen molar-refractivity contribution in [3.8, 4) is 0 Å². The van der Waals surface area contributed by atoms with Gasteiger partial charge in [-0.05, 0) is 44.5 Å². The van der Waals surface area contributed by atoms with E-state index in [0.29, 0.717) is 5.65 Å². The molecule has 0 aliphatic carbocycles. The molecular weight excluding hydrogens is 256 g/mol. The Morgan fingerprint density at radius 3 is 2.65 bits per heavy atom. The normalized spacial score (nSPS) is 16.7. The predicted molar refractivity (Wildman–Crippen MR) is 77.1 cm³/mol. The van der Waals surface area contributed by atoms with E-state index in [1.807, 2.05) is 13.0 Å². The number of hydrogen-bond acceptors (Lipinski definition) is 4. The summed E-state index contributed by atoms with van der Waals surface area (Å²) in [6, 6.07) is 1.91. The summed E-state index contributed by atoms with van der Waals surface area (Å²) in [5, 5.41) is 3.27. The largest absolute Gasteiger partial charge is 0.318 e. The van der Waals surface area contributed by atoms with Gasteiger partial charge < -0.3 is 9.88 Å². The van der Waals surface area contributed by atoms with Gasteiger partial charge in [-0.1, -0.05) is 0 Å². The highest BCUT2D eigenvalue weighted by molar-refractivity contribution is 5.74. The zero-order valence-electron chi connectivity index (χ0n) is 11.7. The minimum Gasteiger partial charge on any atom is -0.317 e. The number of aryl methyl sites for hydroxylation is 2. The summed E-state index contributed by atoms with van der Waals surface area (Å²) >= 11 is 0. The molecular formula is C14H18N4O2. The van der Waals surface area contributed by atoms with E-state index in [4.69, 9.17) is 0 Å². The maximum atomic E-state index is 12.4. The second-order valence-electron chi connectivity index (χ2n) is 5.32. The molecule has 0 saturated carbocycles. The number of nitrogens with one attached hydrogen (secondary N) is 1. The van der Waals surface area contributed by atoms with Gasteiger partial charge in [0.25, 0.3) is 0 Å². The van der Waals surface area contributed by atoms with Crippen LogP contribution in [-0.2, 0) is 7.05 Å². The summed E-state index contributed by atoms with van der Waals surface area (Å²) in [5.41, 5.74) is 1.37. The SMILES string of the molecule is Cc1ccnc2c1n(C)c(=O)c(=O)n2C1CCNCC1. The molecule has 6 nitrogen and oxygen atoms in total. The molecule has 1 aliphatic rings. The zero-order valence-corrected chi connectivity index (χ0v) is 11.7. The summed E-state index contributed by atoms with van der Waals surface area (Å²) in [6.07, 6.45) is 3.38. The Kier molecular flexibility index (Phi) is 3.17. The van der Waals surface area contributed by atoms with E-state index < -0.39 is 11.1 Å². The van der Waals surface area contributed by atoms with Gasteiger partial charge in [0.05, 0.1) is 5.52 Å². The summed E-state index contributed by atoms with van der Waals surface area (Å²) in [4.78, 5) is 28.9. The van der Waals surface area contributed by atoms with E-state index in [0.717, 1.165) is 37.0 Å². The third kappa shape index (κ3) is 1.87. The Balaban J connectivity index is 2.38. The van der Waals surface area contributed by atoms with E-state index in [1.54, 1.807) is 17.8 Å². The quantitative estimate of drug-likeness (QED) is 0.761. The smallest absolute Gasteiger partial charge is 0.317 e. The van der Waals surface area contributed by atoms with E-state index in [2.05, 4.69) is 10.3 Å². The lowest BCUT2D eigenvalue weighted by Gasteiger charge is -2.26. The lowest BCUT2D eigenvalue weighted by atomic mass is 10.1. The van der Waals surface area contributed by atoms with Gasteiger partial charge in [0.1, 0.15) is 0 Å². The first-order valence-electron chi connectivity index (χ1n) is 6.89.